The zero-order valence-corrected chi connectivity index (χ0v) is 13.6. The van der Waals surface area contributed by atoms with Gasteiger partial charge in [0, 0.05) is 31.5 Å². The first kappa shape index (κ1) is 16.1. The van der Waals surface area contributed by atoms with Gasteiger partial charge in [0.25, 0.3) is 0 Å². The number of carbonyl (C=O) groups is 1. The van der Waals surface area contributed by atoms with Crippen molar-refractivity contribution in [2.24, 2.45) is 0 Å². The lowest BCUT2D eigenvalue weighted by Gasteiger charge is -2.23. The molecule has 0 bridgehead atoms. The third-order valence-electron chi connectivity index (χ3n) is 4.01. The van der Waals surface area contributed by atoms with Gasteiger partial charge >= 0.3 is 6.03 Å². The molecule has 1 saturated carbocycles. The first-order chi connectivity index (χ1) is 11.7. The fourth-order valence-electron chi connectivity index (χ4n) is 2.55. The number of hydrogen-bond acceptors (Lipinski definition) is 4. The van der Waals surface area contributed by atoms with Gasteiger partial charge in [0.1, 0.15) is 0 Å². The molecule has 2 amide bonds. The second-order valence-corrected chi connectivity index (χ2v) is 5.89. The Balaban J connectivity index is 1.65. The van der Waals surface area contributed by atoms with Crippen LogP contribution in [0.25, 0.3) is 0 Å². The molecule has 0 radical (unpaired) electrons. The Bertz CT molecular complexity index is 702. The lowest BCUT2D eigenvalue weighted by atomic mass is 10.2. The van der Waals surface area contributed by atoms with Gasteiger partial charge in [0.15, 0.2) is 11.5 Å². The second kappa shape index (κ2) is 7.21. The van der Waals surface area contributed by atoms with Crippen molar-refractivity contribution in [2.45, 2.75) is 32.0 Å². The number of carbonyl (C=O) groups excluding carboxylic acids is 1. The normalized spacial score (nSPS) is 13.4. The molecule has 1 aliphatic rings. The number of aromatic hydroxyl groups is 1. The molecule has 6 heteroatoms. The standard InChI is InChI=1S/C18H21N3O3/c1-24-17-9-13(4-7-16(17)22)12-21(15-5-6-15)18(23)20-11-14-3-2-8-19-10-14/h2-4,7-10,15,22H,5-6,11-12H2,1H3,(H,20,23). The summed E-state index contributed by atoms with van der Waals surface area (Å²) in [6.07, 6.45) is 5.50. The van der Waals surface area contributed by atoms with Crippen LogP contribution >= 0.6 is 0 Å². The average Bonchev–Trinajstić information content (AvgIpc) is 3.44. The molecule has 0 aliphatic heterocycles. The molecule has 0 saturated heterocycles. The number of pyridine rings is 1. The first-order valence-corrected chi connectivity index (χ1v) is 7.96. The molecule has 0 spiro atoms. The first-order valence-electron chi connectivity index (χ1n) is 7.96. The predicted octanol–water partition coefficient (Wildman–Crippen LogP) is 2.67. The Morgan fingerprint density at radius 1 is 1.38 bits per heavy atom. The number of methoxy groups -OCH3 is 1. The molecule has 1 aromatic heterocycles. The minimum Gasteiger partial charge on any atom is -0.504 e. The van der Waals surface area contributed by atoms with Crippen molar-refractivity contribution in [3.8, 4) is 11.5 Å². The maximum absolute atomic E-state index is 12.5. The maximum Gasteiger partial charge on any atom is 0.318 e. The number of hydrogen-bond donors (Lipinski definition) is 2. The van der Waals surface area contributed by atoms with Crippen LogP contribution < -0.4 is 10.1 Å². The van der Waals surface area contributed by atoms with Gasteiger partial charge < -0.3 is 20.1 Å². The number of rotatable bonds is 6. The minimum absolute atomic E-state index is 0.0894. The third kappa shape index (κ3) is 3.95. The molecular formula is C18H21N3O3. The molecule has 3 rings (SSSR count). The molecule has 1 fully saturated rings. The van der Waals surface area contributed by atoms with E-state index in [2.05, 4.69) is 10.3 Å². The number of urea groups is 1. The number of ether oxygens (including phenoxy) is 1. The summed E-state index contributed by atoms with van der Waals surface area (Å²) in [5, 5.41) is 12.6. The summed E-state index contributed by atoms with van der Waals surface area (Å²) in [4.78, 5) is 18.4. The Hall–Kier alpha value is -2.76. The predicted molar refractivity (Wildman–Crippen MR) is 89.7 cm³/mol. The third-order valence-corrected chi connectivity index (χ3v) is 4.01. The molecular weight excluding hydrogens is 306 g/mol. The van der Waals surface area contributed by atoms with Gasteiger partial charge in [0.05, 0.1) is 7.11 Å². The van der Waals surface area contributed by atoms with Crippen molar-refractivity contribution in [1.82, 2.24) is 15.2 Å². The zero-order chi connectivity index (χ0) is 16.9. The fraction of sp³-hybridized carbons (Fsp3) is 0.333. The summed E-state index contributed by atoms with van der Waals surface area (Å²) >= 11 is 0. The summed E-state index contributed by atoms with van der Waals surface area (Å²) < 4.78 is 5.13. The highest BCUT2D eigenvalue weighted by Crippen LogP contribution is 2.31. The molecule has 126 valence electrons. The van der Waals surface area contributed by atoms with Crippen LogP contribution in [0.5, 0.6) is 11.5 Å². The number of phenols is 1. The van der Waals surface area contributed by atoms with Gasteiger partial charge in [-0.1, -0.05) is 12.1 Å². The van der Waals surface area contributed by atoms with Gasteiger partial charge in [-0.15, -0.1) is 0 Å². The highest BCUT2D eigenvalue weighted by Gasteiger charge is 2.32. The van der Waals surface area contributed by atoms with Crippen LogP contribution in [0, 0.1) is 0 Å². The van der Waals surface area contributed by atoms with Crippen LogP contribution in [0.4, 0.5) is 4.79 Å². The Morgan fingerprint density at radius 3 is 2.88 bits per heavy atom. The molecule has 0 atom stereocenters. The average molecular weight is 327 g/mol. The van der Waals surface area contributed by atoms with E-state index in [-0.39, 0.29) is 17.8 Å². The molecule has 2 aromatic rings. The topological polar surface area (TPSA) is 74.7 Å². The molecule has 1 heterocycles. The van der Waals surface area contributed by atoms with E-state index in [1.165, 1.54) is 7.11 Å². The van der Waals surface area contributed by atoms with E-state index in [1.807, 2.05) is 23.1 Å². The number of amides is 2. The molecule has 6 nitrogen and oxygen atoms in total. The molecule has 24 heavy (non-hydrogen) atoms. The summed E-state index contributed by atoms with van der Waals surface area (Å²) in [5.74, 6) is 0.513. The monoisotopic (exact) mass is 327 g/mol. The van der Waals surface area contributed by atoms with Crippen LogP contribution in [0.15, 0.2) is 42.7 Å². The maximum atomic E-state index is 12.5. The van der Waals surface area contributed by atoms with Crippen molar-refractivity contribution in [3.05, 3.63) is 53.9 Å². The Morgan fingerprint density at radius 2 is 2.21 bits per heavy atom. The lowest BCUT2D eigenvalue weighted by molar-refractivity contribution is 0.191. The highest BCUT2D eigenvalue weighted by atomic mass is 16.5. The number of aromatic nitrogens is 1. The number of nitrogens with zero attached hydrogens (tertiary/aromatic N) is 2. The van der Waals surface area contributed by atoms with Crippen LogP contribution in [0.1, 0.15) is 24.0 Å². The van der Waals surface area contributed by atoms with Gasteiger partial charge in [-0.25, -0.2) is 4.79 Å². The van der Waals surface area contributed by atoms with Crippen molar-refractivity contribution in [2.75, 3.05) is 7.11 Å². The van der Waals surface area contributed by atoms with Gasteiger partial charge in [0.2, 0.25) is 0 Å². The van der Waals surface area contributed by atoms with E-state index in [1.54, 1.807) is 24.5 Å². The van der Waals surface area contributed by atoms with Crippen molar-refractivity contribution in [3.63, 3.8) is 0 Å². The van der Waals surface area contributed by atoms with Crippen molar-refractivity contribution in [1.29, 1.82) is 0 Å². The smallest absolute Gasteiger partial charge is 0.318 e. The minimum atomic E-state index is -0.0894. The van der Waals surface area contributed by atoms with Crippen LogP contribution in [0.3, 0.4) is 0 Å². The van der Waals surface area contributed by atoms with E-state index in [0.29, 0.717) is 18.8 Å². The molecule has 2 N–H and O–H groups in total. The van der Waals surface area contributed by atoms with E-state index in [0.717, 1.165) is 24.0 Å². The van der Waals surface area contributed by atoms with Crippen LogP contribution in [-0.4, -0.2) is 34.2 Å². The number of phenolic OH excluding ortho intramolecular Hbond substituents is 1. The molecule has 0 unspecified atom stereocenters. The van der Waals surface area contributed by atoms with Crippen molar-refractivity contribution < 1.29 is 14.6 Å². The number of nitrogens with one attached hydrogen (secondary N) is 1. The van der Waals surface area contributed by atoms with E-state index in [9.17, 15) is 9.90 Å². The molecule has 1 aromatic carbocycles. The van der Waals surface area contributed by atoms with Crippen molar-refractivity contribution >= 4 is 6.03 Å². The van der Waals surface area contributed by atoms with Crippen LogP contribution in [-0.2, 0) is 13.1 Å². The SMILES string of the molecule is COc1cc(CN(C(=O)NCc2cccnc2)C2CC2)ccc1O. The zero-order valence-electron chi connectivity index (χ0n) is 13.6. The Labute approximate surface area is 141 Å². The highest BCUT2D eigenvalue weighted by molar-refractivity contribution is 5.75. The Kier molecular flexibility index (Phi) is 4.84. The van der Waals surface area contributed by atoms with E-state index >= 15 is 0 Å². The van der Waals surface area contributed by atoms with Gasteiger partial charge in [-0.3, -0.25) is 4.98 Å². The molecule has 1 aliphatic carbocycles. The van der Waals surface area contributed by atoms with Crippen LogP contribution in [0.2, 0.25) is 0 Å². The van der Waals surface area contributed by atoms with E-state index < -0.39 is 0 Å². The fourth-order valence-corrected chi connectivity index (χ4v) is 2.55. The summed E-state index contributed by atoms with van der Waals surface area (Å²) in [7, 11) is 1.51. The van der Waals surface area contributed by atoms with Gasteiger partial charge in [-0.2, -0.15) is 0 Å². The van der Waals surface area contributed by atoms with Gasteiger partial charge in [-0.05, 0) is 42.2 Å². The summed E-state index contributed by atoms with van der Waals surface area (Å²) in [6, 6.07) is 9.13. The summed E-state index contributed by atoms with van der Waals surface area (Å²) in [6.45, 7) is 0.939. The number of benzene rings is 1. The summed E-state index contributed by atoms with van der Waals surface area (Å²) in [5.41, 5.74) is 1.89. The quantitative estimate of drug-likeness (QED) is 0.855. The lowest BCUT2D eigenvalue weighted by Crippen LogP contribution is -2.40. The second-order valence-electron chi connectivity index (χ2n) is 5.89. The van der Waals surface area contributed by atoms with E-state index in [4.69, 9.17) is 4.74 Å². The largest absolute Gasteiger partial charge is 0.504 e.